The van der Waals surface area contributed by atoms with Gasteiger partial charge >= 0.3 is 0 Å². The Kier molecular flexibility index (Phi) is 3.81. The summed E-state index contributed by atoms with van der Waals surface area (Å²) in [5.74, 6) is 0. The van der Waals surface area contributed by atoms with Gasteiger partial charge in [0.1, 0.15) is 10.5 Å². The zero-order valence-corrected chi connectivity index (χ0v) is 11.2. The van der Waals surface area contributed by atoms with Crippen LogP contribution in [0.25, 0.3) is 0 Å². The molecule has 0 saturated heterocycles. The van der Waals surface area contributed by atoms with Crippen LogP contribution in [0.5, 0.6) is 0 Å². The second-order valence-corrected chi connectivity index (χ2v) is 6.78. The number of hydrogen-bond donors (Lipinski definition) is 2. The maximum atomic E-state index is 12.0. The molecule has 0 aromatic carbocycles. The normalized spacial score (nSPS) is 11.9. The van der Waals surface area contributed by atoms with Crippen LogP contribution in [0, 0.1) is 6.92 Å². The first-order valence-corrected chi connectivity index (χ1v) is 7.42. The number of sulfonamides is 1. The van der Waals surface area contributed by atoms with Crippen LogP contribution in [-0.2, 0) is 23.2 Å². The number of rotatable bonds is 5. The lowest BCUT2D eigenvalue weighted by atomic mass is 10.3. The molecule has 18 heavy (non-hydrogen) atoms. The Morgan fingerprint density at radius 3 is 2.89 bits per heavy atom. The number of nitrogens with one attached hydrogen (secondary N) is 1. The van der Waals surface area contributed by atoms with E-state index in [2.05, 4.69) is 14.4 Å². The van der Waals surface area contributed by atoms with Gasteiger partial charge in [-0.1, -0.05) is 5.16 Å². The summed E-state index contributed by atoms with van der Waals surface area (Å²) in [5.41, 5.74) is 1.28. The van der Waals surface area contributed by atoms with E-state index in [0.29, 0.717) is 10.6 Å². The Hall–Kier alpha value is -1.22. The van der Waals surface area contributed by atoms with Gasteiger partial charge in [-0.15, -0.1) is 11.3 Å². The van der Waals surface area contributed by atoms with Crippen LogP contribution in [-0.4, -0.2) is 18.7 Å². The van der Waals surface area contributed by atoms with Crippen molar-refractivity contribution in [3.63, 3.8) is 0 Å². The molecule has 0 radical (unpaired) electrons. The zero-order chi connectivity index (χ0) is 13.2. The maximum Gasteiger partial charge on any atom is 0.250 e. The summed E-state index contributed by atoms with van der Waals surface area (Å²) >= 11 is 1.06. The summed E-state index contributed by atoms with van der Waals surface area (Å²) in [6.45, 7) is 1.68. The molecule has 0 saturated carbocycles. The third kappa shape index (κ3) is 2.78. The molecule has 0 amide bonds. The first-order valence-electron chi connectivity index (χ1n) is 5.12. The molecule has 0 atom stereocenters. The quantitative estimate of drug-likeness (QED) is 0.856. The summed E-state index contributed by atoms with van der Waals surface area (Å²) in [6, 6.07) is 3.13. The average molecular weight is 288 g/mol. The van der Waals surface area contributed by atoms with Crippen LogP contribution >= 0.6 is 11.3 Å². The fourth-order valence-electron chi connectivity index (χ4n) is 1.35. The predicted octanol–water partition coefficient (Wildman–Crippen LogP) is 1.02. The SMILES string of the molecule is Cc1cc(S(=O)(=O)NCc2ccon2)sc1CO. The molecular weight excluding hydrogens is 276 g/mol. The van der Waals surface area contributed by atoms with Crippen molar-refractivity contribution >= 4 is 21.4 Å². The van der Waals surface area contributed by atoms with Crippen LogP contribution in [0.15, 0.2) is 27.1 Å². The van der Waals surface area contributed by atoms with Crippen LogP contribution in [0.3, 0.4) is 0 Å². The molecule has 0 bridgehead atoms. The van der Waals surface area contributed by atoms with Gasteiger partial charge in [0.05, 0.1) is 18.8 Å². The van der Waals surface area contributed by atoms with Crippen molar-refractivity contribution in [2.45, 2.75) is 24.3 Å². The van der Waals surface area contributed by atoms with E-state index in [1.165, 1.54) is 6.26 Å². The van der Waals surface area contributed by atoms with Gasteiger partial charge in [-0.3, -0.25) is 0 Å². The van der Waals surface area contributed by atoms with Crippen LogP contribution < -0.4 is 4.72 Å². The van der Waals surface area contributed by atoms with E-state index in [0.717, 1.165) is 16.9 Å². The summed E-state index contributed by atoms with van der Waals surface area (Å²) in [4.78, 5) is 0.650. The van der Waals surface area contributed by atoms with Gasteiger partial charge in [0.25, 0.3) is 0 Å². The van der Waals surface area contributed by atoms with E-state index in [9.17, 15) is 8.42 Å². The number of hydrogen-bond acceptors (Lipinski definition) is 6. The number of thiophene rings is 1. The Morgan fingerprint density at radius 2 is 2.33 bits per heavy atom. The summed E-state index contributed by atoms with van der Waals surface area (Å²) < 4.78 is 31.2. The van der Waals surface area contributed by atoms with Crippen LogP contribution in [0.4, 0.5) is 0 Å². The molecule has 2 aromatic rings. The number of aryl methyl sites for hydroxylation is 1. The number of aromatic nitrogens is 1. The second-order valence-electron chi connectivity index (χ2n) is 3.65. The van der Waals surface area contributed by atoms with E-state index in [1.807, 2.05) is 0 Å². The molecule has 0 aliphatic carbocycles. The highest BCUT2D eigenvalue weighted by atomic mass is 32.2. The smallest absolute Gasteiger partial charge is 0.250 e. The second kappa shape index (κ2) is 5.19. The molecule has 2 heterocycles. The van der Waals surface area contributed by atoms with Gasteiger partial charge in [0.2, 0.25) is 10.0 Å². The Bertz CT molecular complexity index is 616. The molecule has 6 nitrogen and oxygen atoms in total. The van der Waals surface area contributed by atoms with Gasteiger partial charge in [0, 0.05) is 10.9 Å². The van der Waals surface area contributed by atoms with Crippen molar-refractivity contribution in [2.75, 3.05) is 0 Å². The first-order chi connectivity index (χ1) is 8.53. The highest BCUT2D eigenvalue weighted by molar-refractivity contribution is 7.91. The van der Waals surface area contributed by atoms with Crippen LogP contribution in [0.2, 0.25) is 0 Å². The third-order valence-electron chi connectivity index (χ3n) is 2.34. The van der Waals surface area contributed by atoms with Gasteiger partial charge in [-0.25, -0.2) is 13.1 Å². The van der Waals surface area contributed by atoms with Crippen molar-refractivity contribution in [3.8, 4) is 0 Å². The van der Waals surface area contributed by atoms with E-state index in [-0.39, 0.29) is 17.4 Å². The monoisotopic (exact) mass is 288 g/mol. The summed E-state index contributed by atoms with van der Waals surface area (Å²) in [7, 11) is -3.57. The Morgan fingerprint density at radius 1 is 1.56 bits per heavy atom. The van der Waals surface area contributed by atoms with E-state index >= 15 is 0 Å². The first kappa shape index (κ1) is 13.2. The van der Waals surface area contributed by atoms with Crippen molar-refractivity contribution in [3.05, 3.63) is 34.5 Å². The lowest BCUT2D eigenvalue weighted by Gasteiger charge is -2.01. The third-order valence-corrected chi connectivity index (χ3v) is 5.44. The fraction of sp³-hybridized carbons (Fsp3) is 0.300. The molecule has 2 N–H and O–H groups in total. The standard InChI is InChI=1S/C10H12N2O4S2/c1-7-4-10(17-9(7)6-13)18(14,15)11-5-8-2-3-16-12-8/h2-4,11,13H,5-6H2,1H3. The number of nitrogens with zero attached hydrogens (tertiary/aromatic N) is 1. The highest BCUT2D eigenvalue weighted by Gasteiger charge is 2.18. The van der Waals surface area contributed by atoms with Crippen molar-refractivity contribution < 1.29 is 18.0 Å². The minimum atomic E-state index is -3.57. The molecular formula is C10H12N2O4S2. The van der Waals surface area contributed by atoms with Crippen molar-refractivity contribution in [1.29, 1.82) is 0 Å². The van der Waals surface area contributed by atoms with Gasteiger partial charge in [-0.05, 0) is 18.6 Å². The van der Waals surface area contributed by atoms with Gasteiger partial charge in [0.15, 0.2) is 0 Å². The minimum absolute atomic E-state index is 0.0737. The van der Waals surface area contributed by atoms with E-state index in [4.69, 9.17) is 5.11 Å². The fourth-order valence-corrected chi connectivity index (χ4v) is 3.84. The van der Waals surface area contributed by atoms with Gasteiger partial charge in [-0.2, -0.15) is 0 Å². The predicted molar refractivity (Wildman–Crippen MR) is 65.5 cm³/mol. The molecule has 0 aliphatic heterocycles. The summed E-state index contributed by atoms with van der Waals surface area (Å²) in [6.07, 6.45) is 1.38. The Balaban J connectivity index is 2.14. The molecule has 2 aromatic heterocycles. The van der Waals surface area contributed by atoms with Crippen molar-refractivity contribution in [2.24, 2.45) is 0 Å². The minimum Gasteiger partial charge on any atom is -0.391 e. The van der Waals surface area contributed by atoms with Crippen LogP contribution in [0.1, 0.15) is 16.1 Å². The zero-order valence-electron chi connectivity index (χ0n) is 9.58. The molecule has 0 aliphatic rings. The number of aliphatic hydroxyl groups is 1. The molecule has 8 heteroatoms. The Labute approximate surface area is 108 Å². The molecule has 0 fully saturated rings. The van der Waals surface area contributed by atoms with E-state index < -0.39 is 10.0 Å². The summed E-state index contributed by atoms with van der Waals surface area (Å²) in [5, 5.41) is 12.7. The van der Waals surface area contributed by atoms with E-state index in [1.54, 1.807) is 19.1 Å². The highest BCUT2D eigenvalue weighted by Crippen LogP contribution is 2.25. The largest absolute Gasteiger partial charge is 0.391 e. The van der Waals surface area contributed by atoms with Gasteiger partial charge < -0.3 is 9.63 Å². The molecule has 2 rings (SSSR count). The lowest BCUT2D eigenvalue weighted by Crippen LogP contribution is -2.22. The molecule has 0 unspecified atom stereocenters. The lowest BCUT2D eigenvalue weighted by molar-refractivity contribution is 0.285. The molecule has 98 valence electrons. The maximum absolute atomic E-state index is 12.0. The average Bonchev–Trinajstić information content (AvgIpc) is 2.95. The molecule has 0 spiro atoms. The topological polar surface area (TPSA) is 92.4 Å². The number of aliphatic hydroxyl groups excluding tert-OH is 1. The van der Waals surface area contributed by atoms with Crippen molar-refractivity contribution in [1.82, 2.24) is 9.88 Å².